The van der Waals surface area contributed by atoms with E-state index >= 15 is 0 Å². The zero-order valence-corrected chi connectivity index (χ0v) is 21.6. The maximum atomic E-state index is 13.0. The molecule has 36 heavy (non-hydrogen) atoms. The number of allylic oxidation sites excluding steroid dienone is 5. The molecule has 0 aliphatic carbocycles. The van der Waals surface area contributed by atoms with Crippen LogP contribution >= 0.6 is 0 Å². The summed E-state index contributed by atoms with van der Waals surface area (Å²) in [5, 5.41) is 15.2. The fourth-order valence-electron chi connectivity index (χ4n) is 3.62. The summed E-state index contributed by atoms with van der Waals surface area (Å²) in [5.74, 6) is -0.114. The third-order valence-corrected chi connectivity index (χ3v) is 5.49. The molecule has 2 atom stereocenters. The monoisotopic (exact) mass is 499 g/mol. The Hall–Kier alpha value is -3.79. The summed E-state index contributed by atoms with van der Waals surface area (Å²) in [6.45, 7) is 9.96. The Balaban J connectivity index is 2.60. The maximum absolute atomic E-state index is 13.0. The number of nitrogens with zero attached hydrogens (tertiary/aromatic N) is 2. The number of aromatic nitrogens is 2. The Kier molecular flexibility index (Phi) is 11.0. The molecule has 1 aliphatic rings. The molecule has 0 fully saturated rings. The number of carboxylic acids is 1. The van der Waals surface area contributed by atoms with Crippen LogP contribution in [-0.2, 0) is 19.2 Å². The molecule has 1 aliphatic heterocycles. The van der Waals surface area contributed by atoms with Crippen LogP contribution in [0.4, 0.5) is 5.82 Å². The summed E-state index contributed by atoms with van der Waals surface area (Å²) in [6, 6.07) is -1.03. The van der Waals surface area contributed by atoms with E-state index in [1.165, 1.54) is 14.0 Å². The molecule has 0 spiro atoms. The van der Waals surface area contributed by atoms with Gasteiger partial charge in [0.05, 0.1) is 31.2 Å². The van der Waals surface area contributed by atoms with Crippen molar-refractivity contribution in [3.05, 3.63) is 59.9 Å². The van der Waals surface area contributed by atoms with Crippen LogP contribution in [0.2, 0.25) is 0 Å². The number of amides is 1. The van der Waals surface area contributed by atoms with E-state index in [-0.39, 0.29) is 5.92 Å². The number of carboxylic acid groups (broad SMARTS) is 1. The van der Waals surface area contributed by atoms with Gasteiger partial charge in [0.25, 0.3) is 5.91 Å². The number of unbranched alkanes of at least 4 members (excludes halogenated alkanes) is 1. The van der Waals surface area contributed by atoms with Gasteiger partial charge >= 0.3 is 5.97 Å². The zero-order valence-electron chi connectivity index (χ0n) is 21.6. The number of hydrogen-bond donors (Lipinski definition) is 4. The van der Waals surface area contributed by atoms with Crippen molar-refractivity contribution < 1.29 is 24.3 Å². The van der Waals surface area contributed by atoms with Crippen molar-refractivity contribution in [1.29, 1.82) is 0 Å². The molecule has 1 aromatic heterocycles. The van der Waals surface area contributed by atoms with E-state index in [1.54, 1.807) is 25.3 Å². The van der Waals surface area contributed by atoms with Crippen LogP contribution in [0.25, 0.3) is 11.8 Å². The average Bonchev–Trinajstić information content (AvgIpc) is 3.06. The minimum Gasteiger partial charge on any atom is -0.495 e. The number of aliphatic carboxylic acids is 1. The summed E-state index contributed by atoms with van der Waals surface area (Å²) in [6.07, 6.45) is 13.3. The minimum atomic E-state index is -1.11. The standard InChI is InChI=1S/C26H37N5O5/c1-7-9-14-27-24-22(17(3)16-20(30-36-6)21(35-5)12-8-2)29-23-19(13-10-11-15-31(23)24)25(32)28-18(4)26(33)34/h8,11-13,15-18,27,30H,2,7,9-10,14H2,1,3-6H3,(H,28,32)(H,33,34)/b20-16+,21-12+. The molecule has 196 valence electrons. The van der Waals surface area contributed by atoms with Crippen LogP contribution in [-0.4, -0.2) is 53.3 Å². The number of fused-ring (bicyclic) bond motifs is 1. The second-order valence-corrected chi connectivity index (χ2v) is 8.24. The predicted octanol–water partition coefficient (Wildman–Crippen LogP) is 3.80. The average molecular weight is 500 g/mol. The van der Waals surface area contributed by atoms with Crippen molar-refractivity contribution in [1.82, 2.24) is 20.3 Å². The molecule has 10 nitrogen and oxygen atoms in total. The van der Waals surface area contributed by atoms with E-state index in [2.05, 4.69) is 29.6 Å². The van der Waals surface area contributed by atoms with Gasteiger partial charge in [-0.25, -0.2) is 4.98 Å². The highest BCUT2D eigenvalue weighted by molar-refractivity contribution is 6.19. The Morgan fingerprint density at radius 1 is 1.33 bits per heavy atom. The van der Waals surface area contributed by atoms with Crippen LogP contribution in [0.1, 0.15) is 57.5 Å². The zero-order chi connectivity index (χ0) is 26.7. The highest BCUT2D eigenvalue weighted by Gasteiger charge is 2.27. The molecule has 2 unspecified atom stereocenters. The van der Waals surface area contributed by atoms with Crippen LogP contribution in [0.15, 0.2) is 48.4 Å². The van der Waals surface area contributed by atoms with Gasteiger partial charge in [-0.15, -0.1) is 0 Å². The van der Waals surface area contributed by atoms with E-state index < -0.39 is 17.9 Å². The lowest BCUT2D eigenvalue weighted by molar-refractivity contribution is -0.140. The maximum Gasteiger partial charge on any atom is 0.325 e. The summed E-state index contributed by atoms with van der Waals surface area (Å²) < 4.78 is 7.32. The van der Waals surface area contributed by atoms with Crippen molar-refractivity contribution in [3.63, 3.8) is 0 Å². The molecule has 0 saturated heterocycles. The van der Waals surface area contributed by atoms with Gasteiger partial charge in [-0.3, -0.25) is 24.5 Å². The van der Waals surface area contributed by atoms with Gasteiger partial charge in [0.15, 0.2) is 5.82 Å². The molecule has 2 rings (SSSR count). The molecule has 2 heterocycles. The minimum absolute atomic E-state index is 0.231. The van der Waals surface area contributed by atoms with Crippen LogP contribution in [0.3, 0.4) is 0 Å². The number of anilines is 1. The summed E-state index contributed by atoms with van der Waals surface area (Å²) >= 11 is 0. The van der Waals surface area contributed by atoms with Crippen molar-refractivity contribution in [2.24, 2.45) is 0 Å². The number of nitrogens with one attached hydrogen (secondary N) is 3. The van der Waals surface area contributed by atoms with Crippen molar-refractivity contribution >= 4 is 29.5 Å². The van der Waals surface area contributed by atoms with E-state index in [9.17, 15) is 14.7 Å². The number of imidazole rings is 1. The van der Waals surface area contributed by atoms with Gasteiger partial charge in [-0.2, -0.15) is 0 Å². The fraction of sp³-hybridized carbons (Fsp3) is 0.423. The van der Waals surface area contributed by atoms with Gasteiger partial charge < -0.3 is 20.5 Å². The van der Waals surface area contributed by atoms with Gasteiger partial charge in [-0.05, 0) is 31.9 Å². The molecule has 0 radical (unpaired) electrons. The number of carbonyl (C=O) groups is 2. The highest BCUT2D eigenvalue weighted by Crippen LogP contribution is 2.32. The number of ether oxygens (including phenoxy) is 1. The predicted molar refractivity (Wildman–Crippen MR) is 141 cm³/mol. The largest absolute Gasteiger partial charge is 0.495 e. The molecule has 10 heteroatoms. The lowest BCUT2D eigenvalue weighted by Crippen LogP contribution is -2.39. The Labute approximate surface area is 212 Å². The third kappa shape index (κ3) is 7.11. The summed E-state index contributed by atoms with van der Waals surface area (Å²) in [7, 11) is 3.06. The molecule has 1 aromatic rings. The number of hydrogen-bond acceptors (Lipinski definition) is 7. The van der Waals surface area contributed by atoms with Crippen molar-refractivity contribution in [2.75, 3.05) is 26.1 Å². The van der Waals surface area contributed by atoms with Crippen molar-refractivity contribution in [2.45, 2.75) is 52.0 Å². The number of rotatable bonds is 14. The lowest BCUT2D eigenvalue weighted by Gasteiger charge is -2.16. The van der Waals surface area contributed by atoms with Gasteiger partial charge in [0.1, 0.15) is 17.6 Å². The van der Waals surface area contributed by atoms with Gasteiger partial charge in [0.2, 0.25) is 0 Å². The van der Waals surface area contributed by atoms with Crippen molar-refractivity contribution in [3.8, 4) is 0 Å². The quantitative estimate of drug-likeness (QED) is 0.132. The first-order valence-electron chi connectivity index (χ1n) is 11.9. The first kappa shape index (κ1) is 28.4. The molecule has 0 saturated carbocycles. The van der Waals surface area contributed by atoms with Crippen LogP contribution < -0.4 is 16.1 Å². The van der Waals surface area contributed by atoms with Gasteiger partial charge in [-0.1, -0.05) is 45.1 Å². The summed E-state index contributed by atoms with van der Waals surface area (Å²) in [4.78, 5) is 34.3. The summed E-state index contributed by atoms with van der Waals surface area (Å²) in [5.41, 5.74) is 4.46. The highest BCUT2D eigenvalue weighted by atomic mass is 16.6. The second kappa shape index (κ2) is 13.9. The van der Waals surface area contributed by atoms with Crippen LogP contribution in [0.5, 0.6) is 0 Å². The third-order valence-electron chi connectivity index (χ3n) is 5.49. The second-order valence-electron chi connectivity index (χ2n) is 8.24. The first-order chi connectivity index (χ1) is 17.3. The first-order valence-corrected chi connectivity index (χ1v) is 11.9. The normalized spacial score (nSPS) is 15.2. The molecular formula is C26H37N5O5. The van der Waals surface area contributed by atoms with E-state index in [1.807, 2.05) is 29.8 Å². The van der Waals surface area contributed by atoms with Gasteiger partial charge in [0, 0.05) is 18.7 Å². The Morgan fingerprint density at radius 3 is 2.69 bits per heavy atom. The topological polar surface area (TPSA) is 127 Å². The molecular weight excluding hydrogens is 462 g/mol. The fourth-order valence-corrected chi connectivity index (χ4v) is 3.62. The number of carbonyl (C=O) groups excluding carboxylic acids is 1. The lowest BCUT2D eigenvalue weighted by atomic mass is 10.1. The molecule has 0 aromatic carbocycles. The Morgan fingerprint density at radius 2 is 2.08 bits per heavy atom. The SMILES string of the molecule is C=C/C=C(OC)\C(=C/C(C)c1nc2n(c1NCCCC)C=CCC=C2C(=O)NC(C)C(=O)O)NOC. The molecule has 0 bridgehead atoms. The van der Waals surface area contributed by atoms with E-state index in [0.29, 0.717) is 35.0 Å². The van der Waals surface area contributed by atoms with E-state index in [4.69, 9.17) is 14.6 Å². The number of hydroxylamine groups is 1. The Bertz CT molecular complexity index is 1070. The smallest absolute Gasteiger partial charge is 0.325 e. The molecule has 1 amide bonds. The number of methoxy groups -OCH3 is 1. The molecule has 4 N–H and O–H groups in total. The van der Waals surface area contributed by atoms with E-state index in [0.717, 1.165) is 25.2 Å². The van der Waals surface area contributed by atoms with Crippen LogP contribution in [0, 0.1) is 0 Å².